The van der Waals surface area contributed by atoms with Crippen LogP contribution in [0.3, 0.4) is 0 Å². The van der Waals surface area contributed by atoms with Crippen LogP contribution in [0.15, 0.2) is 42.5 Å². The van der Waals surface area contributed by atoms with Gasteiger partial charge in [-0.15, -0.1) is 0 Å². The molecule has 0 radical (unpaired) electrons. The Morgan fingerprint density at radius 3 is 2.71 bits per heavy atom. The molecule has 1 aliphatic heterocycles. The van der Waals surface area contributed by atoms with Crippen LogP contribution in [-0.4, -0.2) is 44.8 Å². The van der Waals surface area contributed by atoms with Gasteiger partial charge in [0.25, 0.3) is 5.91 Å². The van der Waals surface area contributed by atoms with E-state index >= 15 is 0 Å². The standard InChI is InChI=1S/C23H27ClN2O5/c1-29-20-9-8-18(24)11-17(20)12-22(27)25-13-16-5-2-3-7-21(16)31-15-23(28)26-14-19-6-4-10-30-19/h2-3,5,7-9,11,19H,4,6,10,12-15H2,1H3,(H,25,27)(H,26,28)/t19-/m1/s1. The predicted octanol–water partition coefficient (Wildman–Crippen LogP) is 2.88. The van der Waals surface area contributed by atoms with Crippen LogP contribution in [0.4, 0.5) is 0 Å². The Morgan fingerprint density at radius 2 is 1.94 bits per heavy atom. The third-order valence-electron chi connectivity index (χ3n) is 4.95. The summed E-state index contributed by atoms with van der Waals surface area (Å²) in [5.74, 6) is 0.778. The quantitative estimate of drug-likeness (QED) is 0.586. The van der Waals surface area contributed by atoms with Gasteiger partial charge >= 0.3 is 0 Å². The Labute approximate surface area is 187 Å². The average Bonchev–Trinajstić information content (AvgIpc) is 3.29. The van der Waals surface area contributed by atoms with Crippen molar-refractivity contribution in [3.63, 3.8) is 0 Å². The summed E-state index contributed by atoms with van der Waals surface area (Å²) in [4.78, 5) is 24.5. The molecule has 7 nitrogen and oxygen atoms in total. The summed E-state index contributed by atoms with van der Waals surface area (Å²) in [6.07, 6.45) is 2.22. The lowest BCUT2D eigenvalue weighted by atomic mass is 10.1. The molecule has 8 heteroatoms. The molecular formula is C23H27ClN2O5. The Balaban J connectivity index is 1.49. The highest BCUT2D eigenvalue weighted by molar-refractivity contribution is 6.30. The number of carbonyl (C=O) groups excluding carboxylic acids is 2. The maximum atomic E-state index is 12.4. The zero-order chi connectivity index (χ0) is 22.1. The molecule has 1 fully saturated rings. The van der Waals surface area contributed by atoms with E-state index in [1.165, 1.54) is 0 Å². The van der Waals surface area contributed by atoms with E-state index in [-0.39, 0.29) is 37.5 Å². The second-order valence-corrected chi connectivity index (χ2v) is 7.68. The number of rotatable bonds is 10. The number of halogens is 1. The fourth-order valence-corrected chi connectivity index (χ4v) is 3.53. The molecule has 0 bridgehead atoms. The van der Waals surface area contributed by atoms with Crippen LogP contribution in [0.1, 0.15) is 24.0 Å². The lowest BCUT2D eigenvalue weighted by Gasteiger charge is -2.14. The maximum Gasteiger partial charge on any atom is 0.258 e. The number of benzene rings is 2. The first kappa shape index (κ1) is 22.9. The van der Waals surface area contributed by atoms with Crippen LogP contribution in [0.2, 0.25) is 5.02 Å². The molecule has 2 N–H and O–H groups in total. The van der Waals surface area contributed by atoms with Crippen molar-refractivity contribution in [2.45, 2.75) is 31.9 Å². The summed E-state index contributed by atoms with van der Waals surface area (Å²) in [6.45, 7) is 1.42. The minimum atomic E-state index is -0.206. The summed E-state index contributed by atoms with van der Waals surface area (Å²) < 4.78 is 16.5. The van der Waals surface area contributed by atoms with Gasteiger partial charge in [-0.05, 0) is 37.1 Å². The highest BCUT2D eigenvalue weighted by Gasteiger charge is 2.16. The highest BCUT2D eigenvalue weighted by Crippen LogP contribution is 2.23. The minimum Gasteiger partial charge on any atom is -0.496 e. The third kappa shape index (κ3) is 7.15. The lowest BCUT2D eigenvalue weighted by Crippen LogP contribution is -2.35. The van der Waals surface area contributed by atoms with E-state index in [9.17, 15) is 9.59 Å². The van der Waals surface area contributed by atoms with Crippen LogP contribution in [0.5, 0.6) is 11.5 Å². The number of carbonyl (C=O) groups is 2. The number of ether oxygens (including phenoxy) is 3. The van der Waals surface area contributed by atoms with Gasteiger partial charge in [0, 0.05) is 35.8 Å². The normalized spacial score (nSPS) is 15.4. The van der Waals surface area contributed by atoms with Crippen molar-refractivity contribution in [2.24, 2.45) is 0 Å². The van der Waals surface area contributed by atoms with Crippen LogP contribution in [0.25, 0.3) is 0 Å². The second-order valence-electron chi connectivity index (χ2n) is 7.25. The molecule has 2 aromatic rings. The van der Waals surface area contributed by atoms with Gasteiger partial charge in [-0.1, -0.05) is 29.8 Å². The van der Waals surface area contributed by atoms with Gasteiger partial charge in [0.05, 0.1) is 19.6 Å². The summed E-state index contributed by atoms with van der Waals surface area (Å²) in [5.41, 5.74) is 1.49. The number of para-hydroxylation sites is 1. The van der Waals surface area contributed by atoms with Gasteiger partial charge in [-0.25, -0.2) is 0 Å². The van der Waals surface area contributed by atoms with E-state index in [0.717, 1.165) is 25.0 Å². The van der Waals surface area contributed by atoms with Crippen LogP contribution < -0.4 is 20.1 Å². The molecule has 1 saturated heterocycles. The molecule has 0 saturated carbocycles. The van der Waals surface area contributed by atoms with Crippen molar-refractivity contribution in [1.29, 1.82) is 0 Å². The van der Waals surface area contributed by atoms with Crippen LogP contribution in [-0.2, 0) is 27.3 Å². The smallest absolute Gasteiger partial charge is 0.258 e. The van der Waals surface area contributed by atoms with Crippen molar-refractivity contribution in [3.05, 3.63) is 58.6 Å². The first-order valence-electron chi connectivity index (χ1n) is 10.2. The average molecular weight is 447 g/mol. The molecule has 0 unspecified atom stereocenters. The van der Waals surface area contributed by atoms with E-state index in [0.29, 0.717) is 28.6 Å². The number of hydrogen-bond acceptors (Lipinski definition) is 5. The van der Waals surface area contributed by atoms with Crippen LogP contribution in [0, 0.1) is 0 Å². The molecule has 1 heterocycles. The van der Waals surface area contributed by atoms with Crippen molar-refractivity contribution >= 4 is 23.4 Å². The third-order valence-corrected chi connectivity index (χ3v) is 5.19. The zero-order valence-electron chi connectivity index (χ0n) is 17.5. The van der Waals surface area contributed by atoms with Gasteiger partial charge in [-0.2, -0.15) is 0 Å². The Hall–Kier alpha value is -2.77. The molecule has 0 aromatic heterocycles. The number of hydrogen-bond donors (Lipinski definition) is 2. The molecule has 2 amide bonds. The van der Waals surface area contributed by atoms with Gasteiger partial charge in [0.15, 0.2) is 6.61 Å². The number of amides is 2. The molecule has 0 spiro atoms. The summed E-state index contributed by atoms with van der Waals surface area (Å²) in [5, 5.41) is 6.24. The largest absolute Gasteiger partial charge is 0.496 e. The van der Waals surface area contributed by atoms with Gasteiger partial charge in [0.2, 0.25) is 5.91 Å². The first-order valence-corrected chi connectivity index (χ1v) is 10.6. The zero-order valence-corrected chi connectivity index (χ0v) is 18.2. The maximum absolute atomic E-state index is 12.4. The fourth-order valence-electron chi connectivity index (χ4n) is 3.33. The van der Waals surface area contributed by atoms with Crippen molar-refractivity contribution in [1.82, 2.24) is 10.6 Å². The van der Waals surface area contributed by atoms with E-state index in [1.54, 1.807) is 31.4 Å². The van der Waals surface area contributed by atoms with Crippen molar-refractivity contribution < 1.29 is 23.8 Å². The lowest BCUT2D eigenvalue weighted by molar-refractivity contribution is -0.123. The predicted molar refractivity (Wildman–Crippen MR) is 117 cm³/mol. The van der Waals surface area contributed by atoms with Gasteiger partial charge in [-0.3, -0.25) is 9.59 Å². The Morgan fingerprint density at radius 1 is 1.10 bits per heavy atom. The number of methoxy groups -OCH3 is 1. The molecular weight excluding hydrogens is 420 g/mol. The van der Waals surface area contributed by atoms with E-state index in [2.05, 4.69) is 10.6 Å². The Kier molecular flexibility index (Phi) is 8.55. The Bertz CT molecular complexity index is 899. The first-order chi connectivity index (χ1) is 15.0. The minimum absolute atomic E-state index is 0.0876. The van der Waals surface area contributed by atoms with E-state index in [1.807, 2.05) is 18.2 Å². The summed E-state index contributed by atoms with van der Waals surface area (Å²) >= 11 is 6.03. The van der Waals surface area contributed by atoms with E-state index < -0.39 is 0 Å². The van der Waals surface area contributed by atoms with Crippen molar-refractivity contribution in [2.75, 3.05) is 26.9 Å². The molecule has 31 heavy (non-hydrogen) atoms. The monoisotopic (exact) mass is 446 g/mol. The molecule has 2 aromatic carbocycles. The second kappa shape index (κ2) is 11.6. The summed E-state index contributed by atoms with van der Waals surface area (Å²) in [7, 11) is 1.55. The molecule has 1 atom stereocenters. The molecule has 3 rings (SSSR count). The highest BCUT2D eigenvalue weighted by atomic mass is 35.5. The molecule has 0 aliphatic carbocycles. The molecule has 166 valence electrons. The SMILES string of the molecule is COc1ccc(Cl)cc1CC(=O)NCc1ccccc1OCC(=O)NC[C@H]1CCCO1. The molecule has 1 aliphatic rings. The number of nitrogens with one attached hydrogen (secondary N) is 2. The summed E-state index contributed by atoms with van der Waals surface area (Å²) in [6, 6.07) is 12.5. The topological polar surface area (TPSA) is 85.9 Å². The fraction of sp³-hybridized carbons (Fsp3) is 0.391. The van der Waals surface area contributed by atoms with Gasteiger partial charge < -0.3 is 24.8 Å². The van der Waals surface area contributed by atoms with E-state index in [4.69, 9.17) is 25.8 Å². The van der Waals surface area contributed by atoms with Crippen molar-refractivity contribution in [3.8, 4) is 11.5 Å². The van der Waals surface area contributed by atoms with Crippen LogP contribution >= 0.6 is 11.6 Å². The van der Waals surface area contributed by atoms with Gasteiger partial charge in [0.1, 0.15) is 11.5 Å².